The number of phenols is 1. The van der Waals surface area contributed by atoms with Crippen molar-refractivity contribution in [2.45, 2.75) is 61.5 Å². The Kier molecular flexibility index (Phi) is 10.4. The third-order valence-corrected chi connectivity index (χ3v) is 5.48. The van der Waals surface area contributed by atoms with Crippen molar-refractivity contribution in [3.8, 4) is 5.75 Å². The zero-order valence-corrected chi connectivity index (χ0v) is 23.3. The maximum atomic E-state index is 14.7. The lowest BCUT2D eigenvalue weighted by atomic mass is 10.0. The number of phenolic OH excluding ortho intramolecular Hbond substituents is 1. The normalized spacial score (nSPS) is 15.7. The van der Waals surface area contributed by atoms with Crippen molar-refractivity contribution in [2.24, 2.45) is 15.4 Å². The smallest absolute Gasteiger partial charge is 0.251 e. The molecule has 0 radical (unpaired) electrons. The van der Waals surface area contributed by atoms with E-state index in [2.05, 4.69) is 37.7 Å². The lowest BCUT2D eigenvalue weighted by molar-refractivity contribution is -0.140. The lowest BCUT2D eigenvalue weighted by Gasteiger charge is -2.36. The van der Waals surface area contributed by atoms with Gasteiger partial charge in [-0.05, 0) is 62.4 Å². The molecular formula is C29H41FN4O3. The highest BCUT2D eigenvalue weighted by molar-refractivity contribution is 6.09. The van der Waals surface area contributed by atoms with E-state index in [9.17, 15) is 19.4 Å². The monoisotopic (exact) mass is 512 g/mol. The fraction of sp³-hybridized carbons (Fsp3) is 0.483. The van der Waals surface area contributed by atoms with Crippen molar-refractivity contribution in [1.82, 2.24) is 9.80 Å². The van der Waals surface area contributed by atoms with Gasteiger partial charge in [0.05, 0.1) is 11.3 Å². The van der Waals surface area contributed by atoms with Crippen LogP contribution in [0.3, 0.4) is 0 Å². The number of rotatable bonds is 3. The van der Waals surface area contributed by atoms with Gasteiger partial charge in [0.15, 0.2) is 5.84 Å². The number of aliphatic hydroxyl groups is 1. The molecule has 0 spiro atoms. The van der Waals surface area contributed by atoms with E-state index in [1.807, 2.05) is 36.9 Å². The molecule has 8 heteroatoms. The number of aromatic hydroxyl groups is 1. The Bertz CT molecular complexity index is 1120. The molecule has 1 heterocycles. The van der Waals surface area contributed by atoms with E-state index in [-0.39, 0.29) is 23.1 Å². The standard InChI is InChI=1S/C24H29FN4O3.C5H12/c1-15-8-9-16(2)20(14-15)27-23(22-19(25)6-5-7-21(22)31)26-18(4)28-10-12-29(13-11-28)24(32)17(3)30;1-5(2,3)4/h5-9,14,17,30-31H,10-13H2,1-4H3;1-4H3. The van der Waals surface area contributed by atoms with Crippen molar-refractivity contribution < 1.29 is 19.4 Å². The number of nitrogens with zero attached hydrogens (tertiary/aromatic N) is 4. The second-order valence-electron chi connectivity index (χ2n) is 11.0. The van der Waals surface area contributed by atoms with Crippen LogP contribution in [-0.2, 0) is 4.79 Å². The first kappa shape index (κ1) is 30.0. The van der Waals surface area contributed by atoms with Crippen LogP contribution in [0.25, 0.3) is 0 Å². The first-order chi connectivity index (χ1) is 17.2. The average Bonchev–Trinajstić information content (AvgIpc) is 2.79. The Morgan fingerprint density at radius 1 is 1.03 bits per heavy atom. The van der Waals surface area contributed by atoms with Gasteiger partial charge in [0.2, 0.25) is 0 Å². The number of carbonyl (C=O) groups is 1. The molecule has 1 unspecified atom stereocenters. The van der Waals surface area contributed by atoms with Crippen LogP contribution in [0.1, 0.15) is 58.2 Å². The molecule has 1 amide bonds. The van der Waals surface area contributed by atoms with Crippen molar-refractivity contribution in [1.29, 1.82) is 0 Å². The van der Waals surface area contributed by atoms with Gasteiger partial charge in [-0.15, -0.1) is 0 Å². The molecule has 0 bridgehead atoms. The third kappa shape index (κ3) is 9.28. The summed E-state index contributed by atoms with van der Waals surface area (Å²) in [5, 5.41) is 19.9. The van der Waals surface area contributed by atoms with E-state index < -0.39 is 11.9 Å². The zero-order valence-electron chi connectivity index (χ0n) is 23.3. The molecule has 3 rings (SSSR count). The maximum absolute atomic E-state index is 14.7. The van der Waals surface area contributed by atoms with Crippen LogP contribution in [-0.4, -0.2) is 69.9 Å². The first-order valence-electron chi connectivity index (χ1n) is 12.6. The van der Waals surface area contributed by atoms with Gasteiger partial charge >= 0.3 is 0 Å². The number of aliphatic hydroxyl groups excluding tert-OH is 1. The van der Waals surface area contributed by atoms with Crippen molar-refractivity contribution in [3.05, 3.63) is 58.9 Å². The van der Waals surface area contributed by atoms with E-state index >= 15 is 0 Å². The molecule has 0 saturated carbocycles. The van der Waals surface area contributed by atoms with Crippen LogP contribution >= 0.6 is 0 Å². The molecule has 1 aliphatic rings. The summed E-state index contributed by atoms with van der Waals surface area (Å²) >= 11 is 0. The van der Waals surface area contributed by atoms with Crippen molar-refractivity contribution >= 4 is 23.3 Å². The molecule has 2 aromatic carbocycles. The summed E-state index contributed by atoms with van der Waals surface area (Å²) in [5.74, 6) is -0.473. The molecule has 0 aromatic heterocycles. The van der Waals surface area contributed by atoms with E-state index in [0.717, 1.165) is 11.1 Å². The fourth-order valence-corrected chi connectivity index (χ4v) is 3.56. The van der Waals surface area contributed by atoms with E-state index in [4.69, 9.17) is 0 Å². The number of carbonyl (C=O) groups excluding carboxylic acids is 1. The summed E-state index contributed by atoms with van der Waals surface area (Å²) in [6.07, 6.45) is -1.03. The minimum atomic E-state index is -1.03. The summed E-state index contributed by atoms with van der Waals surface area (Å²) in [6, 6.07) is 9.89. The highest BCUT2D eigenvalue weighted by Crippen LogP contribution is 2.26. The highest BCUT2D eigenvalue weighted by Gasteiger charge is 2.25. The number of amidine groups is 2. The minimum absolute atomic E-state index is 0.0596. The number of hydrogen-bond donors (Lipinski definition) is 2. The molecule has 1 saturated heterocycles. The Hall–Kier alpha value is -3.26. The van der Waals surface area contributed by atoms with Crippen LogP contribution < -0.4 is 0 Å². The van der Waals surface area contributed by atoms with Gasteiger partial charge in [-0.2, -0.15) is 0 Å². The molecule has 37 heavy (non-hydrogen) atoms. The fourth-order valence-electron chi connectivity index (χ4n) is 3.56. The summed E-state index contributed by atoms with van der Waals surface area (Å²) in [4.78, 5) is 24.8. The van der Waals surface area contributed by atoms with Crippen LogP contribution in [0, 0.1) is 25.1 Å². The van der Waals surface area contributed by atoms with Crippen molar-refractivity contribution in [3.63, 3.8) is 0 Å². The van der Waals surface area contributed by atoms with E-state index in [1.54, 1.807) is 11.8 Å². The molecular weight excluding hydrogens is 471 g/mol. The predicted octanol–water partition coefficient (Wildman–Crippen LogP) is 5.22. The molecule has 1 fully saturated rings. The highest BCUT2D eigenvalue weighted by atomic mass is 19.1. The molecule has 2 aromatic rings. The number of amides is 1. The number of aryl methyl sites for hydroxylation is 2. The van der Waals surface area contributed by atoms with E-state index in [0.29, 0.717) is 43.1 Å². The zero-order chi connectivity index (χ0) is 27.9. The number of aliphatic imine (C=N–C) groups is 2. The minimum Gasteiger partial charge on any atom is -0.507 e. The molecule has 202 valence electrons. The Labute approximate surface area is 220 Å². The molecule has 1 atom stereocenters. The topological polar surface area (TPSA) is 88.7 Å². The Morgan fingerprint density at radius 2 is 1.59 bits per heavy atom. The second-order valence-corrected chi connectivity index (χ2v) is 11.0. The van der Waals surface area contributed by atoms with Gasteiger partial charge in [0.25, 0.3) is 5.91 Å². The summed E-state index contributed by atoms with van der Waals surface area (Å²) in [6.45, 7) is 17.8. The van der Waals surface area contributed by atoms with Crippen molar-refractivity contribution in [2.75, 3.05) is 26.2 Å². The van der Waals surface area contributed by atoms with Crippen LogP contribution in [0.4, 0.5) is 10.1 Å². The van der Waals surface area contributed by atoms with Crippen LogP contribution in [0.2, 0.25) is 0 Å². The lowest BCUT2D eigenvalue weighted by Crippen LogP contribution is -2.52. The largest absolute Gasteiger partial charge is 0.507 e. The Morgan fingerprint density at radius 3 is 2.14 bits per heavy atom. The van der Waals surface area contributed by atoms with Gasteiger partial charge in [0, 0.05) is 26.2 Å². The molecule has 1 aliphatic heterocycles. The third-order valence-electron chi connectivity index (χ3n) is 5.48. The maximum Gasteiger partial charge on any atom is 0.251 e. The van der Waals surface area contributed by atoms with Gasteiger partial charge in [-0.1, -0.05) is 45.9 Å². The van der Waals surface area contributed by atoms with Gasteiger partial charge < -0.3 is 20.0 Å². The SMILES string of the molecule is CC(=NC(=Nc1cc(C)ccc1C)c1c(O)cccc1F)N1CCN(C(=O)C(C)O)CC1.CC(C)(C)C. The number of piperazine rings is 1. The van der Waals surface area contributed by atoms with E-state index in [1.165, 1.54) is 25.1 Å². The average molecular weight is 513 g/mol. The van der Waals surface area contributed by atoms with Gasteiger partial charge in [0.1, 0.15) is 23.5 Å². The quantitative estimate of drug-likeness (QED) is 0.436. The summed E-state index contributed by atoms with van der Waals surface area (Å²) < 4.78 is 14.7. The second kappa shape index (κ2) is 12.8. The summed E-state index contributed by atoms with van der Waals surface area (Å²) in [7, 11) is 0. The molecule has 0 aliphatic carbocycles. The predicted molar refractivity (Wildman–Crippen MR) is 148 cm³/mol. The number of halogens is 1. The van der Waals surface area contributed by atoms with Gasteiger partial charge in [-0.3, -0.25) is 4.79 Å². The molecule has 7 nitrogen and oxygen atoms in total. The number of hydrogen-bond acceptors (Lipinski definition) is 4. The molecule has 2 N–H and O–H groups in total. The summed E-state index contributed by atoms with van der Waals surface area (Å²) in [5.41, 5.74) is 3.00. The van der Waals surface area contributed by atoms with Crippen LogP contribution in [0.5, 0.6) is 5.75 Å². The Balaban J connectivity index is 0.000000877. The first-order valence-corrected chi connectivity index (χ1v) is 12.6. The number of benzene rings is 2. The van der Waals surface area contributed by atoms with Gasteiger partial charge in [-0.25, -0.2) is 14.4 Å². The van der Waals surface area contributed by atoms with Crippen LogP contribution in [0.15, 0.2) is 46.4 Å².